The SMILES string of the molecule is CCNC(=NCCCN1CCOCC1)NC1CC1.I. The van der Waals surface area contributed by atoms with E-state index in [1.54, 1.807) is 0 Å². The van der Waals surface area contributed by atoms with Crippen LogP contribution in [0.2, 0.25) is 0 Å². The lowest BCUT2D eigenvalue weighted by molar-refractivity contribution is 0.0377. The molecule has 6 heteroatoms. The molecular weight excluding hydrogens is 355 g/mol. The molecule has 0 unspecified atom stereocenters. The van der Waals surface area contributed by atoms with Crippen LogP contribution in [0.5, 0.6) is 0 Å². The molecule has 1 heterocycles. The summed E-state index contributed by atoms with van der Waals surface area (Å²) < 4.78 is 5.34. The third-order valence-electron chi connectivity index (χ3n) is 3.27. The van der Waals surface area contributed by atoms with E-state index in [4.69, 9.17) is 4.74 Å². The van der Waals surface area contributed by atoms with E-state index in [-0.39, 0.29) is 24.0 Å². The fourth-order valence-corrected chi connectivity index (χ4v) is 2.05. The van der Waals surface area contributed by atoms with Crippen molar-refractivity contribution < 1.29 is 4.74 Å². The van der Waals surface area contributed by atoms with Gasteiger partial charge in [0.25, 0.3) is 0 Å². The summed E-state index contributed by atoms with van der Waals surface area (Å²) in [7, 11) is 0. The van der Waals surface area contributed by atoms with E-state index in [2.05, 4.69) is 27.4 Å². The molecule has 2 rings (SSSR count). The van der Waals surface area contributed by atoms with Gasteiger partial charge in [-0.05, 0) is 26.2 Å². The highest BCUT2D eigenvalue weighted by molar-refractivity contribution is 14.0. The molecule has 1 aliphatic carbocycles. The van der Waals surface area contributed by atoms with E-state index < -0.39 is 0 Å². The lowest BCUT2D eigenvalue weighted by Gasteiger charge is -2.26. The Bertz CT molecular complexity index is 265. The van der Waals surface area contributed by atoms with E-state index in [9.17, 15) is 0 Å². The zero-order chi connectivity index (χ0) is 12.6. The van der Waals surface area contributed by atoms with Crippen LogP contribution in [0.4, 0.5) is 0 Å². The lowest BCUT2D eigenvalue weighted by atomic mass is 10.3. The number of morpholine rings is 1. The van der Waals surface area contributed by atoms with Gasteiger partial charge in [0, 0.05) is 38.8 Å². The van der Waals surface area contributed by atoms with Crippen LogP contribution in [0.1, 0.15) is 26.2 Å². The molecule has 1 saturated heterocycles. The first kappa shape index (κ1) is 17.0. The van der Waals surface area contributed by atoms with Gasteiger partial charge in [0.2, 0.25) is 0 Å². The fourth-order valence-electron chi connectivity index (χ4n) is 2.05. The Morgan fingerprint density at radius 2 is 2.05 bits per heavy atom. The first-order valence-corrected chi connectivity index (χ1v) is 7.23. The van der Waals surface area contributed by atoms with E-state index in [0.29, 0.717) is 6.04 Å². The van der Waals surface area contributed by atoms with Gasteiger partial charge in [-0.2, -0.15) is 0 Å². The smallest absolute Gasteiger partial charge is 0.191 e. The predicted octanol–water partition coefficient (Wildman–Crippen LogP) is 1.04. The number of halogens is 1. The van der Waals surface area contributed by atoms with Crippen molar-refractivity contribution in [1.29, 1.82) is 0 Å². The summed E-state index contributed by atoms with van der Waals surface area (Å²) in [5, 5.41) is 6.73. The van der Waals surface area contributed by atoms with Crippen LogP contribution < -0.4 is 10.6 Å². The fraction of sp³-hybridized carbons (Fsp3) is 0.923. The van der Waals surface area contributed by atoms with Crippen LogP contribution in [0.3, 0.4) is 0 Å². The zero-order valence-electron chi connectivity index (χ0n) is 11.9. The van der Waals surface area contributed by atoms with Crippen molar-refractivity contribution in [3.63, 3.8) is 0 Å². The van der Waals surface area contributed by atoms with Gasteiger partial charge < -0.3 is 15.4 Å². The molecule has 0 aromatic rings. The van der Waals surface area contributed by atoms with Gasteiger partial charge in [0.05, 0.1) is 13.2 Å². The Kier molecular flexibility index (Phi) is 8.72. The molecule has 0 amide bonds. The highest BCUT2D eigenvalue weighted by atomic mass is 127. The second kappa shape index (κ2) is 9.77. The monoisotopic (exact) mass is 382 g/mol. The maximum absolute atomic E-state index is 5.34. The van der Waals surface area contributed by atoms with Crippen molar-refractivity contribution >= 4 is 29.9 Å². The number of hydrogen-bond donors (Lipinski definition) is 2. The van der Waals surface area contributed by atoms with Crippen LogP contribution in [0.25, 0.3) is 0 Å². The number of nitrogens with zero attached hydrogens (tertiary/aromatic N) is 2. The van der Waals surface area contributed by atoms with Crippen molar-refractivity contribution in [2.75, 3.05) is 45.9 Å². The minimum Gasteiger partial charge on any atom is -0.379 e. The highest BCUT2D eigenvalue weighted by Crippen LogP contribution is 2.18. The molecule has 1 aliphatic heterocycles. The van der Waals surface area contributed by atoms with E-state index >= 15 is 0 Å². The highest BCUT2D eigenvalue weighted by Gasteiger charge is 2.21. The molecule has 2 fully saturated rings. The van der Waals surface area contributed by atoms with Gasteiger partial charge in [0.15, 0.2) is 5.96 Å². The molecule has 2 N–H and O–H groups in total. The molecular formula is C13H27IN4O. The van der Waals surface area contributed by atoms with Crippen molar-refractivity contribution in [1.82, 2.24) is 15.5 Å². The molecule has 0 spiro atoms. The number of guanidine groups is 1. The van der Waals surface area contributed by atoms with Crippen molar-refractivity contribution in [3.8, 4) is 0 Å². The Morgan fingerprint density at radius 3 is 2.68 bits per heavy atom. The van der Waals surface area contributed by atoms with Crippen LogP contribution in [-0.2, 0) is 4.74 Å². The molecule has 5 nitrogen and oxygen atoms in total. The van der Waals surface area contributed by atoms with Crippen LogP contribution in [0, 0.1) is 0 Å². The summed E-state index contributed by atoms with van der Waals surface area (Å²) in [5.41, 5.74) is 0. The third-order valence-corrected chi connectivity index (χ3v) is 3.27. The lowest BCUT2D eigenvalue weighted by Crippen LogP contribution is -2.39. The number of aliphatic imine (C=N–C) groups is 1. The number of rotatable bonds is 6. The number of hydrogen-bond acceptors (Lipinski definition) is 3. The molecule has 1 saturated carbocycles. The Labute approximate surface area is 133 Å². The van der Waals surface area contributed by atoms with E-state index in [1.165, 1.54) is 12.8 Å². The molecule has 112 valence electrons. The quantitative estimate of drug-likeness (QED) is 0.312. The Hall–Kier alpha value is -0.0800. The van der Waals surface area contributed by atoms with Crippen molar-refractivity contribution in [2.24, 2.45) is 4.99 Å². The van der Waals surface area contributed by atoms with Crippen molar-refractivity contribution in [2.45, 2.75) is 32.2 Å². The molecule has 0 bridgehead atoms. The number of nitrogens with one attached hydrogen (secondary N) is 2. The van der Waals surface area contributed by atoms with Crippen LogP contribution in [0.15, 0.2) is 4.99 Å². The topological polar surface area (TPSA) is 48.9 Å². The third kappa shape index (κ3) is 7.31. The summed E-state index contributed by atoms with van der Waals surface area (Å²) in [6.45, 7) is 8.99. The standard InChI is InChI=1S/C13H26N4O.HI/c1-2-14-13(16-12-4-5-12)15-6-3-7-17-8-10-18-11-9-17;/h12H,2-11H2,1H3,(H2,14,15,16);1H. The van der Waals surface area contributed by atoms with Gasteiger partial charge in [-0.3, -0.25) is 9.89 Å². The van der Waals surface area contributed by atoms with Gasteiger partial charge in [0.1, 0.15) is 0 Å². The number of ether oxygens (including phenoxy) is 1. The molecule has 0 atom stereocenters. The molecule has 0 aromatic carbocycles. The summed E-state index contributed by atoms with van der Waals surface area (Å²) in [5.74, 6) is 0.988. The molecule has 19 heavy (non-hydrogen) atoms. The van der Waals surface area contributed by atoms with Crippen LogP contribution >= 0.6 is 24.0 Å². The first-order valence-electron chi connectivity index (χ1n) is 7.23. The second-order valence-electron chi connectivity index (χ2n) is 4.99. The summed E-state index contributed by atoms with van der Waals surface area (Å²) in [6, 6.07) is 0.669. The molecule has 0 radical (unpaired) electrons. The summed E-state index contributed by atoms with van der Waals surface area (Å²) in [6.07, 6.45) is 3.71. The van der Waals surface area contributed by atoms with Gasteiger partial charge in [-0.1, -0.05) is 0 Å². The Morgan fingerprint density at radius 1 is 1.32 bits per heavy atom. The van der Waals surface area contributed by atoms with E-state index in [0.717, 1.165) is 58.3 Å². The maximum Gasteiger partial charge on any atom is 0.191 e. The van der Waals surface area contributed by atoms with Gasteiger partial charge in [-0.25, -0.2) is 0 Å². The van der Waals surface area contributed by atoms with Gasteiger partial charge >= 0.3 is 0 Å². The first-order chi connectivity index (χ1) is 8.88. The normalized spacial score (nSPS) is 20.8. The molecule has 2 aliphatic rings. The molecule has 0 aromatic heterocycles. The van der Waals surface area contributed by atoms with Gasteiger partial charge in [-0.15, -0.1) is 24.0 Å². The van der Waals surface area contributed by atoms with Crippen molar-refractivity contribution in [3.05, 3.63) is 0 Å². The average Bonchev–Trinajstić information content (AvgIpc) is 3.20. The zero-order valence-corrected chi connectivity index (χ0v) is 14.2. The van der Waals surface area contributed by atoms with Crippen LogP contribution in [-0.4, -0.2) is 62.8 Å². The predicted molar refractivity (Wildman–Crippen MR) is 89.4 cm³/mol. The minimum absolute atomic E-state index is 0. The maximum atomic E-state index is 5.34. The van der Waals surface area contributed by atoms with E-state index in [1.807, 2.05) is 0 Å². The second-order valence-corrected chi connectivity index (χ2v) is 4.99. The summed E-state index contributed by atoms with van der Waals surface area (Å²) in [4.78, 5) is 7.07. The Balaban J connectivity index is 0.00000180. The summed E-state index contributed by atoms with van der Waals surface area (Å²) >= 11 is 0. The largest absolute Gasteiger partial charge is 0.379 e. The average molecular weight is 382 g/mol. The minimum atomic E-state index is 0.